The van der Waals surface area contributed by atoms with E-state index >= 15 is 0 Å². The molecular formula is C20H16F2N2O4S. The highest BCUT2D eigenvalue weighted by atomic mass is 32.2. The first-order chi connectivity index (χ1) is 13.8. The SMILES string of the molecule is COc1ccc(S(=O)(=O)Nc2ccccc2C(=O)Nc2ccc(F)cc2F)cc1. The van der Waals surface area contributed by atoms with E-state index in [1.54, 1.807) is 6.07 Å². The fraction of sp³-hybridized carbons (Fsp3) is 0.0500. The van der Waals surface area contributed by atoms with E-state index < -0.39 is 27.6 Å². The summed E-state index contributed by atoms with van der Waals surface area (Å²) < 4.78 is 59.5. The summed E-state index contributed by atoms with van der Waals surface area (Å²) >= 11 is 0. The van der Waals surface area contributed by atoms with E-state index in [-0.39, 0.29) is 21.8 Å². The Morgan fingerprint density at radius 3 is 2.28 bits per heavy atom. The number of ether oxygens (including phenoxy) is 1. The number of amides is 1. The van der Waals surface area contributed by atoms with Crippen LogP contribution in [0.25, 0.3) is 0 Å². The summed E-state index contributed by atoms with van der Waals surface area (Å²) in [5.74, 6) is -2.00. The van der Waals surface area contributed by atoms with Crippen molar-refractivity contribution in [2.24, 2.45) is 0 Å². The van der Waals surface area contributed by atoms with Crippen molar-refractivity contribution >= 4 is 27.3 Å². The van der Waals surface area contributed by atoms with Crippen LogP contribution in [0.15, 0.2) is 71.6 Å². The van der Waals surface area contributed by atoms with Crippen LogP contribution in [-0.4, -0.2) is 21.4 Å². The average Bonchev–Trinajstić information content (AvgIpc) is 2.70. The number of anilines is 2. The molecule has 3 rings (SSSR count). The largest absolute Gasteiger partial charge is 0.497 e. The molecule has 0 aliphatic carbocycles. The summed E-state index contributed by atoms with van der Waals surface area (Å²) in [6, 6.07) is 14.3. The summed E-state index contributed by atoms with van der Waals surface area (Å²) in [5, 5.41) is 2.30. The highest BCUT2D eigenvalue weighted by molar-refractivity contribution is 7.92. The van der Waals surface area contributed by atoms with Gasteiger partial charge >= 0.3 is 0 Å². The van der Waals surface area contributed by atoms with Crippen LogP contribution < -0.4 is 14.8 Å². The van der Waals surface area contributed by atoms with Crippen LogP contribution >= 0.6 is 0 Å². The summed E-state index contributed by atoms with van der Waals surface area (Å²) in [6.45, 7) is 0. The molecule has 3 aromatic carbocycles. The molecule has 9 heteroatoms. The van der Waals surface area contributed by atoms with Gasteiger partial charge in [0, 0.05) is 6.07 Å². The number of hydrogen-bond donors (Lipinski definition) is 2. The smallest absolute Gasteiger partial charge is 0.261 e. The number of carbonyl (C=O) groups excluding carboxylic acids is 1. The third-order valence-corrected chi connectivity index (χ3v) is 5.35. The first kappa shape index (κ1) is 20.3. The number of carbonyl (C=O) groups is 1. The maximum Gasteiger partial charge on any atom is 0.261 e. The lowest BCUT2D eigenvalue weighted by Gasteiger charge is -2.13. The predicted molar refractivity (Wildman–Crippen MR) is 105 cm³/mol. The zero-order valence-electron chi connectivity index (χ0n) is 15.1. The van der Waals surface area contributed by atoms with Crippen molar-refractivity contribution in [3.8, 4) is 5.75 Å². The molecule has 0 aromatic heterocycles. The molecule has 0 heterocycles. The van der Waals surface area contributed by atoms with Crippen molar-refractivity contribution in [2.45, 2.75) is 4.90 Å². The van der Waals surface area contributed by atoms with E-state index in [2.05, 4.69) is 10.0 Å². The number of nitrogens with one attached hydrogen (secondary N) is 2. The number of para-hydroxylation sites is 1. The summed E-state index contributed by atoms with van der Waals surface area (Å²) in [6.07, 6.45) is 0. The summed E-state index contributed by atoms with van der Waals surface area (Å²) in [4.78, 5) is 12.5. The number of methoxy groups -OCH3 is 1. The number of hydrogen-bond acceptors (Lipinski definition) is 4. The van der Waals surface area contributed by atoms with Gasteiger partial charge in [0.15, 0.2) is 0 Å². The molecule has 0 aliphatic heterocycles. The standard InChI is InChI=1S/C20H16F2N2O4S/c1-28-14-7-9-15(10-8-14)29(26,27)24-18-5-3-2-4-16(18)20(25)23-19-11-6-13(21)12-17(19)22/h2-12,24H,1H3,(H,23,25). The van der Waals surface area contributed by atoms with Crippen molar-refractivity contribution in [2.75, 3.05) is 17.1 Å². The Hall–Kier alpha value is -3.46. The number of sulfonamides is 1. The lowest BCUT2D eigenvalue weighted by molar-refractivity contribution is 0.102. The molecule has 3 aromatic rings. The van der Waals surface area contributed by atoms with Crippen LogP contribution in [-0.2, 0) is 10.0 Å². The molecule has 0 saturated heterocycles. The molecule has 0 spiro atoms. The molecule has 0 fully saturated rings. The number of rotatable bonds is 6. The summed E-state index contributed by atoms with van der Waals surface area (Å²) in [7, 11) is -2.53. The Kier molecular flexibility index (Phi) is 5.79. The van der Waals surface area contributed by atoms with Gasteiger partial charge in [0.05, 0.1) is 28.9 Å². The Balaban J connectivity index is 1.87. The van der Waals surface area contributed by atoms with Crippen molar-refractivity contribution in [3.05, 3.63) is 83.9 Å². The fourth-order valence-corrected chi connectivity index (χ4v) is 3.59. The van der Waals surface area contributed by atoms with Gasteiger partial charge in [-0.1, -0.05) is 12.1 Å². The Labute approximate surface area is 166 Å². The first-order valence-electron chi connectivity index (χ1n) is 8.32. The van der Waals surface area contributed by atoms with Crippen molar-refractivity contribution < 1.29 is 26.7 Å². The maximum absolute atomic E-state index is 13.8. The lowest BCUT2D eigenvalue weighted by atomic mass is 10.1. The second kappa shape index (κ2) is 8.27. The second-order valence-corrected chi connectivity index (χ2v) is 7.59. The molecule has 1 amide bonds. The molecule has 0 atom stereocenters. The van der Waals surface area contributed by atoms with Gasteiger partial charge in [-0.15, -0.1) is 0 Å². The molecular weight excluding hydrogens is 402 g/mol. The maximum atomic E-state index is 13.8. The second-order valence-electron chi connectivity index (χ2n) is 5.90. The highest BCUT2D eigenvalue weighted by Gasteiger charge is 2.19. The highest BCUT2D eigenvalue weighted by Crippen LogP contribution is 2.23. The Morgan fingerprint density at radius 2 is 1.62 bits per heavy atom. The minimum Gasteiger partial charge on any atom is -0.497 e. The minimum absolute atomic E-state index is 0.00309. The van der Waals surface area contributed by atoms with E-state index in [1.807, 2.05) is 0 Å². The van der Waals surface area contributed by atoms with Crippen LogP contribution in [0.4, 0.5) is 20.2 Å². The zero-order valence-corrected chi connectivity index (χ0v) is 16.0. The van der Waals surface area contributed by atoms with Gasteiger partial charge in [-0.3, -0.25) is 9.52 Å². The van der Waals surface area contributed by atoms with Crippen molar-refractivity contribution in [1.82, 2.24) is 0 Å². The molecule has 0 radical (unpaired) electrons. The Morgan fingerprint density at radius 1 is 0.931 bits per heavy atom. The third-order valence-electron chi connectivity index (χ3n) is 3.97. The fourth-order valence-electron chi connectivity index (χ4n) is 2.51. The normalized spacial score (nSPS) is 11.0. The van der Waals surface area contributed by atoms with Gasteiger partial charge in [-0.25, -0.2) is 17.2 Å². The lowest BCUT2D eigenvalue weighted by Crippen LogP contribution is -2.19. The van der Waals surface area contributed by atoms with E-state index in [0.717, 1.165) is 12.1 Å². The Bertz CT molecular complexity index is 1150. The van der Waals surface area contributed by atoms with Crippen LogP contribution in [0.2, 0.25) is 0 Å². The molecule has 150 valence electrons. The number of benzene rings is 3. The molecule has 0 saturated carbocycles. The molecule has 2 N–H and O–H groups in total. The third kappa shape index (κ3) is 4.69. The summed E-state index contributed by atoms with van der Waals surface area (Å²) in [5.41, 5.74) is -0.263. The van der Waals surface area contributed by atoms with Gasteiger partial charge in [-0.2, -0.15) is 0 Å². The van der Waals surface area contributed by atoms with Gasteiger partial charge < -0.3 is 10.1 Å². The van der Waals surface area contributed by atoms with E-state index in [9.17, 15) is 22.0 Å². The monoisotopic (exact) mass is 418 g/mol. The van der Waals surface area contributed by atoms with Gasteiger partial charge in [0.1, 0.15) is 17.4 Å². The molecule has 0 bridgehead atoms. The van der Waals surface area contributed by atoms with E-state index in [1.165, 1.54) is 49.6 Å². The van der Waals surface area contributed by atoms with Crippen molar-refractivity contribution in [1.29, 1.82) is 0 Å². The predicted octanol–water partition coefficient (Wildman–Crippen LogP) is 4.03. The quantitative estimate of drug-likeness (QED) is 0.633. The van der Waals surface area contributed by atoms with Gasteiger partial charge in [0.2, 0.25) is 0 Å². The molecule has 6 nitrogen and oxygen atoms in total. The van der Waals surface area contributed by atoms with Crippen molar-refractivity contribution in [3.63, 3.8) is 0 Å². The van der Waals surface area contributed by atoms with Crippen LogP contribution in [0.1, 0.15) is 10.4 Å². The molecule has 0 aliphatic rings. The topological polar surface area (TPSA) is 84.5 Å². The van der Waals surface area contributed by atoms with E-state index in [4.69, 9.17) is 4.74 Å². The van der Waals surface area contributed by atoms with Crippen LogP contribution in [0.5, 0.6) is 5.75 Å². The first-order valence-corrected chi connectivity index (χ1v) is 9.81. The van der Waals surface area contributed by atoms with Gasteiger partial charge in [0.25, 0.3) is 15.9 Å². The van der Waals surface area contributed by atoms with Crippen LogP contribution in [0, 0.1) is 11.6 Å². The van der Waals surface area contributed by atoms with E-state index in [0.29, 0.717) is 11.8 Å². The van der Waals surface area contributed by atoms with Gasteiger partial charge in [-0.05, 0) is 48.5 Å². The number of halogens is 2. The molecule has 0 unspecified atom stereocenters. The van der Waals surface area contributed by atoms with Crippen LogP contribution in [0.3, 0.4) is 0 Å². The average molecular weight is 418 g/mol. The zero-order chi connectivity index (χ0) is 21.0. The molecule has 29 heavy (non-hydrogen) atoms. The minimum atomic E-state index is -3.99.